The molecule has 1 aromatic heterocycles. The van der Waals surface area contributed by atoms with Crippen LogP contribution in [0.1, 0.15) is 18.5 Å². The van der Waals surface area contributed by atoms with Gasteiger partial charge in [-0.2, -0.15) is 0 Å². The topological polar surface area (TPSA) is 85.8 Å². The Morgan fingerprint density at radius 1 is 1.30 bits per heavy atom. The van der Waals surface area contributed by atoms with Crippen molar-refractivity contribution in [3.05, 3.63) is 64.9 Å². The fourth-order valence-electron chi connectivity index (χ4n) is 2.52. The Hall–Kier alpha value is -2.58. The largest absolute Gasteiger partial charge is 0.349 e. The molecule has 0 aliphatic carbocycles. The van der Waals surface area contributed by atoms with Gasteiger partial charge >= 0.3 is 0 Å². The molecule has 6 nitrogen and oxygen atoms in total. The lowest BCUT2D eigenvalue weighted by molar-refractivity contribution is -0.119. The summed E-state index contributed by atoms with van der Waals surface area (Å²) in [6.45, 7) is 1.86. The maximum absolute atomic E-state index is 13.4. The van der Waals surface area contributed by atoms with E-state index in [1.165, 1.54) is 16.8 Å². The zero-order valence-electron chi connectivity index (χ0n) is 14.4. The van der Waals surface area contributed by atoms with Gasteiger partial charge in [0.25, 0.3) is 0 Å². The minimum atomic E-state index is -0.391. The number of carbonyl (C=O) groups is 1. The van der Waals surface area contributed by atoms with Gasteiger partial charge in [-0.05, 0) is 30.7 Å². The van der Waals surface area contributed by atoms with Crippen LogP contribution in [-0.4, -0.2) is 26.5 Å². The Kier molecular flexibility index (Phi) is 5.98. The minimum Gasteiger partial charge on any atom is -0.349 e. The number of carbonyl (C=O) groups excluding carboxylic acids is 1. The Morgan fingerprint density at radius 2 is 2.07 bits per heavy atom. The van der Waals surface area contributed by atoms with Gasteiger partial charge in [-0.15, -0.1) is 10.2 Å². The van der Waals surface area contributed by atoms with E-state index in [0.29, 0.717) is 21.6 Å². The van der Waals surface area contributed by atoms with Gasteiger partial charge in [-0.25, -0.2) is 9.07 Å². The molecule has 27 heavy (non-hydrogen) atoms. The molecule has 1 amide bonds. The number of nitrogens with one attached hydrogen (secondary N) is 1. The zero-order chi connectivity index (χ0) is 19.4. The van der Waals surface area contributed by atoms with E-state index in [9.17, 15) is 9.18 Å². The van der Waals surface area contributed by atoms with E-state index in [2.05, 4.69) is 15.5 Å². The standard InChI is InChI=1S/C18H17ClFN5OS/c1-11(14-7-2-3-8-15(14)19)22-16(26)10-27-18-24-23-17(25(18)21)12-5-4-6-13(20)9-12/h2-9,11H,10,21H2,1H3,(H,22,26)/t11-/m0/s1. The predicted molar refractivity (Wildman–Crippen MR) is 104 cm³/mol. The van der Waals surface area contributed by atoms with E-state index < -0.39 is 5.82 Å². The smallest absolute Gasteiger partial charge is 0.230 e. The minimum absolute atomic E-state index is 0.104. The van der Waals surface area contributed by atoms with Crippen LogP contribution in [-0.2, 0) is 4.79 Å². The summed E-state index contributed by atoms with van der Waals surface area (Å²) in [4.78, 5) is 12.2. The molecule has 0 unspecified atom stereocenters. The molecule has 0 radical (unpaired) electrons. The number of halogens is 2. The van der Waals surface area contributed by atoms with Crippen LogP contribution in [0.3, 0.4) is 0 Å². The van der Waals surface area contributed by atoms with Crippen LogP contribution >= 0.6 is 23.4 Å². The van der Waals surface area contributed by atoms with Crippen molar-refractivity contribution in [2.24, 2.45) is 0 Å². The number of aromatic nitrogens is 3. The summed E-state index contributed by atoms with van der Waals surface area (Å²) in [5, 5.41) is 11.8. The molecule has 0 aliphatic rings. The van der Waals surface area contributed by atoms with Crippen molar-refractivity contribution in [1.82, 2.24) is 20.2 Å². The lowest BCUT2D eigenvalue weighted by atomic mass is 10.1. The van der Waals surface area contributed by atoms with Crippen molar-refractivity contribution in [2.45, 2.75) is 18.1 Å². The molecular formula is C18H17ClFN5OS. The Bertz CT molecular complexity index is 964. The number of benzene rings is 2. The van der Waals surface area contributed by atoms with Crippen LogP contribution in [0.25, 0.3) is 11.4 Å². The number of amides is 1. The number of hydrogen-bond acceptors (Lipinski definition) is 5. The Balaban J connectivity index is 1.62. The molecule has 140 valence electrons. The lowest BCUT2D eigenvalue weighted by Crippen LogP contribution is -2.28. The zero-order valence-corrected chi connectivity index (χ0v) is 16.0. The fraction of sp³-hybridized carbons (Fsp3) is 0.167. The van der Waals surface area contributed by atoms with E-state index >= 15 is 0 Å². The molecule has 0 saturated carbocycles. The van der Waals surface area contributed by atoms with Crippen molar-refractivity contribution in [2.75, 3.05) is 11.6 Å². The molecule has 1 heterocycles. The number of hydrogen-bond donors (Lipinski definition) is 2. The summed E-state index contributed by atoms with van der Waals surface area (Å²) in [7, 11) is 0. The highest BCUT2D eigenvalue weighted by atomic mass is 35.5. The molecule has 2 aromatic carbocycles. The number of nitrogens with two attached hydrogens (primary N) is 1. The molecule has 0 spiro atoms. The summed E-state index contributed by atoms with van der Waals surface area (Å²) >= 11 is 7.29. The van der Waals surface area contributed by atoms with Crippen LogP contribution in [0.2, 0.25) is 5.02 Å². The van der Waals surface area contributed by atoms with Gasteiger partial charge < -0.3 is 11.2 Å². The highest BCUT2D eigenvalue weighted by molar-refractivity contribution is 7.99. The molecule has 3 N–H and O–H groups in total. The van der Waals surface area contributed by atoms with E-state index in [4.69, 9.17) is 17.4 Å². The monoisotopic (exact) mass is 405 g/mol. The molecule has 3 rings (SSSR count). The Labute approximate surface area is 164 Å². The predicted octanol–water partition coefficient (Wildman–Crippen LogP) is 3.42. The first-order chi connectivity index (χ1) is 13.0. The molecule has 9 heteroatoms. The van der Waals surface area contributed by atoms with Crippen LogP contribution in [0, 0.1) is 5.82 Å². The van der Waals surface area contributed by atoms with Gasteiger partial charge in [-0.1, -0.05) is 53.7 Å². The SMILES string of the molecule is C[C@H](NC(=O)CSc1nnc(-c2cccc(F)c2)n1N)c1ccccc1Cl. The van der Waals surface area contributed by atoms with Crippen LogP contribution in [0.4, 0.5) is 4.39 Å². The first-order valence-electron chi connectivity index (χ1n) is 8.08. The molecule has 1 atom stereocenters. The van der Waals surface area contributed by atoms with Crippen molar-refractivity contribution in [1.29, 1.82) is 0 Å². The molecule has 0 aliphatic heterocycles. The van der Waals surface area contributed by atoms with E-state index in [0.717, 1.165) is 17.3 Å². The number of nitrogen functional groups attached to an aromatic ring is 1. The third kappa shape index (κ3) is 4.58. The van der Waals surface area contributed by atoms with Crippen LogP contribution in [0.5, 0.6) is 0 Å². The van der Waals surface area contributed by atoms with E-state index in [1.54, 1.807) is 18.2 Å². The second kappa shape index (κ2) is 8.41. The Morgan fingerprint density at radius 3 is 2.81 bits per heavy atom. The summed E-state index contributed by atoms with van der Waals surface area (Å²) < 4.78 is 14.6. The number of rotatable bonds is 6. The summed E-state index contributed by atoms with van der Waals surface area (Å²) in [5.74, 6) is 5.83. The maximum atomic E-state index is 13.4. The molecule has 0 saturated heterocycles. The quantitative estimate of drug-likeness (QED) is 0.484. The van der Waals surface area contributed by atoms with Crippen molar-refractivity contribution < 1.29 is 9.18 Å². The second-order valence-corrected chi connectivity index (χ2v) is 7.14. The van der Waals surface area contributed by atoms with E-state index in [-0.39, 0.29) is 17.7 Å². The number of thioether (sulfide) groups is 1. The van der Waals surface area contributed by atoms with Gasteiger partial charge in [0.1, 0.15) is 5.82 Å². The third-order valence-electron chi connectivity index (χ3n) is 3.83. The lowest BCUT2D eigenvalue weighted by Gasteiger charge is -2.15. The number of nitrogens with zero attached hydrogens (tertiary/aromatic N) is 3. The maximum Gasteiger partial charge on any atom is 0.230 e. The third-order valence-corrected chi connectivity index (χ3v) is 5.12. The van der Waals surface area contributed by atoms with Crippen LogP contribution in [0.15, 0.2) is 53.7 Å². The second-order valence-electron chi connectivity index (χ2n) is 5.79. The van der Waals surface area contributed by atoms with Crippen molar-refractivity contribution in [3.8, 4) is 11.4 Å². The van der Waals surface area contributed by atoms with Gasteiger partial charge in [0, 0.05) is 10.6 Å². The fourth-order valence-corrected chi connectivity index (χ4v) is 3.48. The van der Waals surface area contributed by atoms with Gasteiger partial charge in [0.2, 0.25) is 11.1 Å². The van der Waals surface area contributed by atoms with Crippen molar-refractivity contribution >= 4 is 29.3 Å². The molecule has 3 aromatic rings. The van der Waals surface area contributed by atoms with Gasteiger partial charge in [-0.3, -0.25) is 4.79 Å². The average molecular weight is 406 g/mol. The van der Waals surface area contributed by atoms with Gasteiger partial charge in [0.15, 0.2) is 5.82 Å². The molecule has 0 fully saturated rings. The highest BCUT2D eigenvalue weighted by Gasteiger charge is 2.16. The van der Waals surface area contributed by atoms with Gasteiger partial charge in [0.05, 0.1) is 11.8 Å². The van der Waals surface area contributed by atoms with E-state index in [1.807, 2.05) is 25.1 Å². The first-order valence-corrected chi connectivity index (χ1v) is 9.45. The average Bonchev–Trinajstić information content (AvgIpc) is 3.01. The highest BCUT2D eigenvalue weighted by Crippen LogP contribution is 2.24. The normalized spacial score (nSPS) is 12.0. The summed E-state index contributed by atoms with van der Waals surface area (Å²) in [5.41, 5.74) is 1.35. The first kappa shape index (κ1) is 19.2. The molecule has 0 bridgehead atoms. The van der Waals surface area contributed by atoms with Crippen molar-refractivity contribution in [3.63, 3.8) is 0 Å². The summed E-state index contributed by atoms with van der Waals surface area (Å²) in [6.07, 6.45) is 0. The molecular weight excluding hydrogens is 389 g/mol. The summed E-state index contributed by atoms with van der Waals surface area (Å²) in [6, 6.07) is 13.0. The van der Waals surface area contributed by atoms with Crippen LogP contribution < -0.4 is 11.2 Å².